The van der Waals surface area contributed by atoms with Crippen LogP contribution in [0.25, 0.3) is 0 Å². The van der Waals surface area contributed by atoms with Crippen LogP contribution in [-0.4, -0.2) is 181 Å². The van der Waals surface area contributed by atoms with Crippen molar-refractivity contribution in [1.29, 1.82) is 0 Å². The number of rotatable bonds is 34. The molecular formula is C48H83N11O16. The summed E-state index contributed by atoms with van der Waals surface area (Å²) >= 11 is 0. The van der Waals surface area contributed by atoms with Crippen molar-refractivity contribution in [2.24, 2.45) is 22.4 Å². The van der Waals surface area contributed by atoms with Gasteiger partial charge in [0.2, 0.25) is 11.8 Å². The van der Waals surface area contributed by atoms with E-state index in [2.05, 4.69) is 43.8 Å². The fraction of sp³-hybridized carbons (Fsp3) is 0.792. The molecule has 0 radical (unpaired) electrons. The van der Waals surface area contributed by atoms with Gasteiger partial charge in [0.1, 0.15) is 66.9 Å². The normalized spacial score (nSPS) is 25.6. The molecule has 17 N–H and O–H groups in total. The van der Waals surface area contributed by atoms with E-state index in [1.165, 1.54) is 44.9 Å². The highest BCUT2D eigenvalue weighted by molar-refractivity contribution is 5.93. The van der Waals surface area contributed by atoms with Gasteiger partial charge in [0, 0.05) is 31.9 Å². The van der Waals surface area contributed by atoms with Crippen molar-refractivity contribution in [3.63, 3.8) is 0 Å². The van der Waals surface area contributed by atoms with Crippen LogP contribution in [0, 0.1) is 5.92 Å². The number of nitrogens with one attached hydrogen (secondary N) is 7. The van der Waals surface area contributed by atoms with E-state index in [1.807, 2.05) is 4.98 Å². The molecule has 4 amide bonds. The molecule has 27 heteroatoms. The summed E-state index contributed by atoms with van der Waals surface area (Å²) in [6.45, 7) is 5.23. The van der Waals surface area contributed by atoms with Crippen LogP contribution in [-0.2, 0) is 33.4 Å². The van der Waals surface area contributed by atoms with Crippen LogP contribution >= 0.6 is 0 Å². The molecule has 1 aromatic rings. The third-order valence-electron chi connectivity index (χ3n) is 13.6. The smallest absolute Gasteiger partial charge is 0.330 e. The SMILES string of the molecule is CCCCCCCCCCCCCCC[C@@H](NC(=O)[C@@H](NC(=O)N[C@H](C(=O)O)C(C)C)[C@H]1CCNC(N)=N1)C(=O)NCCCN[C@H](C(=O)O)[C@H](O[C@@H]1O[C@H](CN)[C@@H](O)[C@H]1O)[C@H]1O[C@@H](n2ccc(=O)[nH]c2=O)[C@H](O)[C@@H]1O. The van der Waals surface area contributed by atoms with Gasteiger partial charge in [0.25, 0.3) is 5.56 Å². The first kappa shape index (κ1) is 62.3. The number of aliphatic hydroxyl groups excluding tert-OH is 4. The molecule has 2 fully saturated rings. The van der Waals surface area contributed by atoms with Crippen molar-refractivity contribution < 1.29 is 68.8 Å². The summed E-state index contributed by atoms with van der Waals surface area (Å²) in [5.74, 6) is -4.69. The number of carbonyl (C=O) groups excluding carboxylic acids is 3. The van der Waals surface area contributed by atoms with E-state index < -0.39 is 132 Å². The third-order valence-corrected chi connectivity index (χ3v) is 13.6. The number of nitrogens with two attached hydrogens (primary N) is 2. The number of aliphatic imine (C=N–C) groups is 1. The highest BCUT2D eigenvalue weighted by Gasteiger charge is 2.54. The average molecular weight is 1070 g/mol. The van der Waals surface area contributed by atoms with Crippen LogP contribution in [0.5, 0.6) is 0 Å². The van der Waals surface area contributed by atoms with Crippen LogP contribution in [0.2, 0.25) is 0 Å². The van der Waals surface area contributed by atoms with Gasteiger partial charge in [-0.3, -0.25) is 28.7 Å². The Morgan fingerprint density at radius 2 is 1.43 bits per heavy atom. The first-order chi connectivity index (χ1) is 35.8. The molecule has 0 spiro atoms. The Hall–Kier alpha value is -5.26. The Bertz CT molecular complexity index is 2110. The summed E-state index contributed by atoms with van der Waals surface area (Å²) in [5.41, 5.74) is 9.84. The van der Waals surface area contributed by atoms with E-state index in [0.717, 1.165) is 48.9 Å². The molecule has 0 saturated carbocycles. The van der Waals surface area contributed by atoms with Gasteiger partial charge < -0.3 is 88.2 Å². The molecule has 426 valence electrons. The Labute approximate surface area is 435 Å². The number of nitrogens with zero attached hydrogens (tertiary/aromatic N) is 2. The zero-order valence-electron chi connectivity index (χ0n) is 43.3. The molecule has 0 unspecified atom stereocenters. The van der Waals surface area contributed by atoms with Crippen LogP contribution in [0.15, 0.2) is 26.8 Å². The standard InChI is InChI=1S/C48H83N11O16/c1-4-5-6-7-8-9-10-11-12-13-14-15-16-18-28(54-41(66)32(27-19-23-53-46(50)55-27)58-47(71)57-31(26(2)3)43(67)68)40(65)52-22-17-21-51-33(44(69)70)38(75-45-37(64)34(61)29(25-49)73-45)39-35(62)36(63)42(74-39)59-24-20-30(60)56-48(59)72/h20,24,26-29,31-39,42,45,51,61-64H,4-19,21-23,25,49H2,1-3H3,(H,52,65)(H,54,66)(H,67,68)(H,69,70)(H3,50,53,55)(H,56,60,72)(H2,57,58,71)/t27-,28-,29-,31+,32+,33+,34-,35+,36-,37-,38+,39+,42-,45+/m1/s1. The maximum absolute atomic E-state index is 14.2. The summed E-state index contributed by atoms with van der Waals surface area (Å²) in [5, 5.41) is 79.9. The van der Waals surface area contributed by atoms with Crippen LogP contribution < -0.4 is 54.6 Å². The van der Waals surface area contributed by atoms with Gasteiger partial charge in [-0.25, -0.2) is 19.4 Å². The monoisotopic (exact) mass is 1070 g/mol. The lowest BCUT2D eigenvalue weighted by Crippen LogP contribution is -2.61. The van der Waals surface area contributed by atoms with E-state index in [9.17, 15) is 64.2 Å². The summed E-state index contributed by atoms with van der Waals surface area (Å²) < 4.78 is 18.1. The van der Waals surface area contributed by atoms with Crippen molar-refractivity contribution >= 4 is 35.7 Å². The molecular weight excluding hydrogens is 987 g/mol. The number of urea groups is 1. The van der Waals surface area contributed by atoms with E-state index in [4.69, 9.17) is 25.7 Å². The summed E-state index contributed by atoms with van der Waals surface area (Å²) in [4.78, 5) is 97.0. The van der Waals surface area contributed by atoms with E-state index in [0.29, 0.717) is 13.0 Å². The largest absolute Gasteiger partial charge is 0.480 e. The molecule has 27 nitrogen and oxygen atoms in total. The number of aromatic amines is 1. The van der Waals surface area contributed by atoms with Gasteiger partial charge in [-0.15, -0.1) is 0 Å². The van der Waals surface area contributed by atoms with Crippen LogP contribution in [0.3, 0.4) is 0 Å². The fourth-order valence-electron chi connectivity index (χ4n) is 9.31. The van der Waals surface area contributed by atoms with Gasteiger partial charge in [-0.1, -0.05) is 104 Å². The second-order valence-electron chi connectivity index (χ2n) is 19.8. The van der Waals surface area contributed by atoms with Crippen molar-refractivity contribution in [3.8, 4) is 0 Å². The van der Waals surface area contributed by atoms with Crippen LogP contribution in [0.1, 0.15) is 130 Å². The highest BCUT2D eigenvalue weighted by atomic mass is 16.7. The minimum Gasteiger partial charge on any atom is -0.480 e. The zero-order chi connectivity index (χ0) is 55.2. The van der Waals surface area contributed by atoms with E-state index >= 15 is 0 Å². The molecule has 0 aromatic carbocycles. The molecule has 0 bridgehead atoms. The molecule has 3 aliphatic rings. The predicted molar refractivity (Wildman–Crippen MR) is 271 cm³/mol. The number of carboxylic acid groups (broad SMARTS) is 2. The van der Waals surface area contributed by atoms with Gasteiger partial charge >= 0.3 is 23.7 Å². The minimum atomic E-state index is -1.93. The summed E-state index contributed by atoms with van der Waals surface area (Å²) in [6, 6.07) is -6.46. The molecule has 4 rings (SSSR count). The Morgan fingerprint density at radius 3 is 1.99 bits per heavy atom. The minimum absolute atomic E-state index is 0.0228. The van der Waals surface area contributed by atoms with Crippen molar-refractivity contribution in [2.45, 2.75) is 209 Å². The number of unbranched alkanes of at least 4 members (excludes halogenated alkanes) is 12. The topological polar surface area (TPSA) is 426 Å². The molecule has 75 heavy (non-hydrogen) atoms. The number of amides is 4. The Morgan fingerprint density at radius 1 is 0.800 bits per heavy atom. The lowest BCUT2D eigenvalue weighted by atomic mass is 9.98. The molecule has 14 atom stereocenters. The third kappa shape index (κ3) is 19.1. The van der Waals surface area contributed by atoms with E-state index in [-0.39, 0.29) is 44.9 Å². The highest BCUT2D eigenvalue weighted by Crippen LogP contribution is 2.34. The van der Waals surface area contributed by atoms with Crippen molar-refractivity contribution in [3.05, 3.63) is 33.1 Å². The van der Waals surface area contributed by atoms with Crippen molar-refractivity contribution in [1.82, 2.24) is 41.5 Å². The van der Waals surface area contributed by atoms with Gasteiger partial charge in [-0.2, -0.15) is 0 Å². The fourth-order valence-corrected chi connectivity index (χ4v) is 9.31. The zero-order valence-corrected chi connectivity index (χ0v) is 43.3. The second kappa shape index (κ2) is 31.7. The molecule has 2 saturated heterocycles. The molecule has 3 aliphatic heterocycles. The molecule has 1 aromatic heterocycles. The predicted octanol–water partition coefficient (Wildman–Crippen LogP) is -2.08. The number of hydrogen-bond acceptors (Lipinski definition) is 19. The summed E-state index contributed by atoms with van der Waals surface area (Å²) in [6.07, 6.45) is 0.451. The van der Waals surface area contributed by atoms with Crippen molar-refractivity contribution in [2.75, 3.05) is 26.2 Å². The quantitative estimate of drug-likeness (QED) is 0.0329. The number of carboxylic acids is 2. The number of carbonyl (C=O) groups is 5. The maximum Gasteiger partial charge on any atom is 0.330 e. The molecule has 4 heterocycles. The Balaban J connectivity index is 1.46. The lowest BCUT2D eigenvalue weighted by Gasteiger charge is -2.33. The van der Waals surface area contributed by atoms with Gasteiger partial charge in [0.05, 0.1) is 6.04 Å². The molecule has 0 aliphatic carbocycles. The summed E-state index contributed by atoms with van der Waals surface area (Å²) in [7, 11) is 0. The number of hydrogen-bond donors (Lipinski definition) is 15. The first-order valence-electron chi connectivity index (χ1n) is 26.4. The van der Waals surface area contributed by atoms with Gasteiger partial charge in [0.15, 0.2) is 18.5 Å². The van der Waals surface area contributed by atoms with Gasteiger partial charge in [-0.05, 0) is 31.7 Å². The Kier molecular flexibility index (Phi) is 26.3. The number of aromatic nitrogens is 2. The van der Waals surface area contributed by atoms with Crippen LogP contribution in [0.4, 0.5) is 4.79 Å². The second-order valence-corrected chi connectivity index (χ2v) is 19.8. The number of aliphatic hydroxyl groups is 4. The number of guanidine groups is 1. The van der Waals surface area contributed by atoms with E-state index in [1.54, 1.807) is 13.8 Å². The number of H-pyrrole nitrogens is 1. The maximum atomic E-state index is 14.2. The number of ether oxygens (including phenoxy) is 3. The lowest BCUT2D eigenvalue weighted by molar-refractivity contribution is -0.228. The number of aliphatic carboxylic acids is 2. The average Bonchev–Trinajstić information content (AvgIpc) is 3.81. The first-order valence-corrected chi connectivity index (χ1v) is 26.4.